The van der Waals surface area contributed by atoms with Gasteiger partial charge < -0.3 is 5.32 Å². The Labute approximate surface area is 133 Å². The van der Waals surface area contributed by atoms with Gasteiger partial charge in [0.1, 0.15) is 0 Å². The molecule has 0 aliphatic carbocycles. The molecular formula is C19H24ClN. The molecule has 0 saturated heterocycles. The molecular weight excluding hydrogens is 278 g/mol. The molecule has 0 radical (unpaired) electrons. The van der Waals surface area contributed by atoms with Crippen LogP contribution in [0.1, 0.15) is 37.3 Å². The molecule has 0 heterocycles. The predicted molar refractivity (Wildman–Crippen MR) is 92.1 cm³/mol. The van der Waals surface area contributed by atoms with Crippen molar-refractivity contribution in [2.24, 2.45) is 0 Å². The Kier molecular flexibility index (Phi) is 6.28. The van der Waals surface area contributed by atoms with E-state index in [2.05, 4.69) is 61.6 Å². The third kappa shape index (κ3) is 4.33. The minimum Gasteiger partial charge on any atom is -0.313 e. The summed E-state index contributed by atoms with van der Waals surface area (Å²) in [6, 6.07) is 19.3. The molecule has 2 aromatic rings. The van der Waals surface area contributed by atoms with Gasteiger partial charge in [0.05, 0.1) is 0 Å². The molecule has 2 atom stereocenters. The first-order valence-electron chi connectivity index (χ1n) is 7.78. The van der Waals surface area contributed by atoms with Crippen molar-refractivity contribution in [3.8, 4) is 0 Å². The fourth-order valence-corrected chi connectivity index (χ4v) is 3.19. The van der Waals surface area contributed by atoms with Gasteiger partial charge >= 0.3 is 0 Å². The third-order valence-electron chi connectivity index (χ3n) is 4.02. The Bertz CT molecular complexity index is 538. The van der Waals surface area contributed by atoms with Crippen LogP contribution in [0.2, 0.25) is 5.02 Å². The molecule has 112 valence electrons. The molecule has 2 aromatic carbocycles. The van der Waals surface area contributed by atoms with Crippen LogP contribution in [0, 0.1) is 0 Å². The van der Waals surface area contributed by atoms with E-state index in [1.54, 1.807) is 0 Å². The van der Waals surface area contributed by atoms with Gasteiger partial charge in [0.2, 0.25) is 0 Å². The lowest BCUT2D eigenvalue weighted by Gasteiger charge is -2.28. The van der Waals surface area contributed by atoms with E-state index in [1.807, 2.05) is 12.1 Å². The average molecular weight is 302 g/mol. The fraction of sp³-hybridized carbons (Fsp3) is 0.368. The van der Waals surface area contributed by atoms with Gasteiger partial charge in [-0.3, -0.25) is 0 Å². The highest BCUT2D eigenvalue weighted by molar-refractivity contribution is 6.31. The van der Waals surface area contributed by atoms with Crippen LogP contribution in [0.3, 0.4) is 0 Å². The molecule has 0 spiro atoms. The van der Waals surface area contributed by atoms with Crippen LogP contribution in [-0.2, 0) is 6.42 Å². The second-order valence-corrected chi connectivity index (χ2v) is 5.79. The van der Waals surface area contributed by atoms with Gasteiger partial charge in [0.15, 0.2) is 0 Å². The van der Waals surface area contributed by atoms with Crippen molar-refractivity contribution in [3.63, 3.8) is 0 Å². The highest BCUT2D eigenvalue weighted by Gasteiger charge is 2.21. The van der Waals surface area contributed by atoms with Crippen molar-refractivity contribution in [2.75, 3.05) is 6.54 Å². The second-order valence-electron chi connectivity index (χ2n) is 5.39. The van der Waals surface area contributed by atoms with Gasteiger partial charge in [-0.05, 0) is 42.5 Å². The lowest BCUT2D eigenvalue weighted by molar-refractivity contribution is 0.428. The average Bonchev–Trinajstić information content (AvgIpc) is 2.51. The molecule has 21 heavy (non-hydrogen) atoms. The van der Waals surface area contributed by atoms with Crippen molar-refractivity contribution in [1.82, 2.24) is 5.32 Å². The SMILES string of the molecule is CCNC(Cc1ccccc1Cl)C(CC)c1ccccc1. The number of halogens is 1. The topological polar surface area (TPSA) is 12.0 Å². The summed E-state index contributed by atoms with van der Waals surface area (Å²) in [6.45, 7) is 5.39. The van der Waals surface area contributed by atoms with Crippen molar-refractivity contribution in [1.29, 1.82) is 0 Å². The number of hydrogen-bond donors (Lipinski definition) is 1. The zero-order chi connectivity index (χ0) is 15.1. The Morgan fingerprint density at radius 2 is 1.62 bits per heavy atom. The monoisotopic (exact) mass is 301 g/mol. The maximum absolute atomic E-state index is 6.33. The van der Waals surface area contributed by atoms with E-state index in [0.717, 1.165) is 24.4 Å². The summed E-state index contributed by atoms with van der Waals surface area (Å²) < 4.78 is 0. The smallest absolute Gasteiger partial charge is 0.0438 e. The van der Waals surface area contributed by atoms with Crippen LogP contribution in [0.4, 0.5) is 0 Å². The number of likely N-dealkylation sites (N-methyl/N-ethyl adjacent to an activating group) is 1. The highest BCUT2D eigenvalue weighted by Crippen LogP contribution is 2.27. The van der Waals surface area contributed by atoms with Crippen LogP contribution in [-0.4, -0.2) is 12.6 Å². The molecule has 1 N–H and O–H groups in total. The Balaban J connectivity index is 2.23. The van der Waals surface area contributed by atoms with Crippen molar-refractivity contribution < 1.29 is 0 Å². The van der Waals surface area contributed by atoms with E-state index in [-0.39, 0.29) is 0 Å². The van der Waals surface area contributed by atoms with Gasteiger partial charge in [0, 0.05) is 11.1 Å². The van der Waals surface area contributed by atoms with Crippen molar-refractivity contribution in [2.45, 2.75) is 38.6 Å². The third-order valence-corrected chi connectivity index (χ3v) is 4.39. The van der Waals surface area contributed by atoms with E-state index in [1.165, 1.54) is 11.1 Å². The van der Waals surface area contributed by atoms with Crippen LogP contribution < -0.4 is 5.32 Å². The second kappa shape index (κ2) is 8.21. The van der Waals surface area contributed by atoms with Gasteiger partial charge in [-0.1, -0.05) is 74.0 Å². The van der Waals surface area contributed by atoms with E-state index in [0.29, 0.717) is 12.0 Å². The maximum atomic E-state index is 6.33. The first kappa shape index (κ1) is 16.1. The molecule has 0 saturated carbocycles. The van der Waals surface area contributed by atoms with Gasteiger partial charge in [-0.15, -0.1) is 0 Å². The number of nitrogens with one attached hydrogen (secondary N) is 1. The van der Waals surface area contributed by atoms with E-state index in [9.17, 15) is 0 Å². The van der Waals surface area contributed by atoms with E-state index >= 15 is 0 Å². The molecule has 2 unspecified atom stereocenters. The number of benzene rings is 2. The summed E-state index contributed by atoms with van der Waals surface area (Å²) in [7, 11) is 0. The molecule has 0 fully saturated rings. The summed E-state index contributed by atoms with van der Waals surface area (Å²) in [5.41, 5.74) is 2.62. The minimum absolute atomic E-state index is 0.405. The Morgan fingerprint density at radius 3 is 2.24 bits per heavy atom. The molecule has 0 amide bonds. The lowest BCUT2D eigenvalue weighted by atomic mass is 9.85. The van der Waals surface area contributed by atoms with Crippen LogP contribution in [0.5, 0.6) is 0 Å². The standard InChI is InChI=1S/C19H24ClN/c1-3-17(15-10-6-5-7-11-15)19(21-4-2)14-16-12-8-9-13-18(16)20/h5-13,17,19,21H,3-4,14H2,1-2H3. The molecule has 0 aromatic heterocycles. The Morgan fingerprint density at radius 1 is 0.952 bits per heavy atom. The van der Waals surface area contributed by atoms with Gasteiger partial charge in [-0.25, -0.2) is 0 Å². The van der Waals surface area contributed by atoms with Crippen molar-refractivity contribution in [3.05, 3.63) is 70.7 Å². The van der Waals surface area contributed by atoms with Crippen LogP contribution >= 0.6 is 11.6 Å². The number of hydrogen-bond acceptors (Lipinski definition) is 1. The summed E-state index contributed by atoms with van der Waals surface area (Å²) in [5, 5.41) is 4.51. The van der Waals surface area contributed by atoms with Crippen LogP contribution in [0.15, 0.2) is 54.6 Å². The van der Waals surface area contributed by atoms with Crippen LogP contribution in [0.25, 0.3) is 0 Å². The van der Waals surface area contributed by atoms with E-state index in [4.69, 9.17) is 11.6 Å². The zero-order valence-corrected chi connectivity index (χ0v) is 13.6. The maximum Gasteiger partial charge on any atom is 0.0438 e. The molecule has 2 rings (SSSR count). The molecule has 0 aliphatic heterocycles. The Hall–Kier alpha value is -1.31. The predicted octanol–water partition coefficient (Wildman–Crippen LogP) is 5.05. The van der Waals surface area contributed by atoms with E-state index < -0.39 is 0 Å². The quantitative estimate of drug-likeness (QED) is 0.754. The van der Waals surface area contributed by atoms with Crippen molar-refractivity contribution >= 4 is 11.6 Å². The normalized spacial score (nSPS) is 13.9. The first-order chi connectivity index (χ1) is 10.3. The first-order valence-corrected chi connectivity index (χ1v) is 8.15. The number of rotatable bonds is 7. The van der Waals surface area contributed by atoms with Gasteiger partial charge in [0.25, 0.3) is 0 Å². The highest BCUT2D eigenvalue weighted by atomic mass is 35.5. The largest absolute Gasteiger partial charge is 0.313 e. The molecule has 0 bridgehead atoms. The zero-order valence-electron chi connectivity index (χ0n) is 12.9. The molecule has 2 heteroatoms. The summed E-state index contributed by atoms with van der Waals surface area (Å²) in [5.74, 6) is 0.502. The minimum atomic E-state index is 0.405. The summed E-state index contributed by atoms with van der Waals surface area (Å²) >= 11 is 6.33. The summed E-state index contributed by atoms with van der Waals surface area (Å²) in [4.78, 5) is 0. The molecule has 1 nitrogen and oxygen atoms in total. The summed E-state index contributed by atoms with van der Waals surface area (Å²) in [6.07, 6.45) is 2.08. The van der Waals surface area contributed by atoms with Gasteiger partial charge in [-0.2, -0.15) is 0 Å². The fourth-order valence-electron chi connectivity index (χ4n) is 2.97. The lowest BCUT2D eigenvalue weighted by Crippen LogP contribution is -2.36. The molecule has 0 aliphatic rings.